The average molecular weight is 246 g/mol. The average Bonchev–Trinajstić information content (AvgIpc) is 2.37. The number of rotatable bonds is 4. The molecule has 1 aliphatic carbocycles. The zero-order chi connectivity index (χ0) is 13.0. The first kappa shape index (κ1) is 13.3. The zero-order valence-corrected chi connectivity index (χ0v) is 11.7. The number of para-hydroxylation sites is 2. The summed E-state index contributed by atoms with van der Waals surface area (Å²) in [6.45, 7) is 5.74. The van der Waals surface area contributed by atoms with E-state index in [1.165, 1.54) is 37.8 Å². The van der Waals surface area contributed by atoms with Gasteiger partial charge in [0.25, 0.3) is 0 Å². The molecular weight excluding hydrogens is 220 g/mol. The summed E-state index contributed by atoms with van der Waals surface area (Å²) < 4.78 is 0. The monoisotopic (exact) mass is 246 g/mol. The standard InChI is InChI=1S/C16H26N2/c1-3-11-18(14-8-6-7-13(2)12-14)16-10-5-4-9-15(16)17/h4-5,9-10,13-14H,3,6-8,11-12,17H2,1-2H3. The van der Waals surface area contributed by atoms with Gasteiger partial charge < -0.3 is 10.6 Å². The van der Waals surface area contributed by atoms with Gasteiger partial charge in [-0.25, -0.2) is 0 Å². The topological polar surface area (TPSA) is 29.3 Å². The van der Waals surface area contributed by atoms with Gasteiger partial charge in [-0.15, -0.1) is 0 Å². The molecule has 1 aliphatic rings. The predicted molar refractivity (Wildman–Crippen MR) is 79.9 cm³/mol. The smallest absolute Gasteiger partial charge is 0.0602 e. The minimum atomic E-state index is 0.679. The molecule has 0 aliphatic heterocycles. The Labute approximate surface area is 111 Å². The Kier molecular flexibility index (Phi) is 4.51. The highest BCUT2D eigenvalue weighted by Gasteiger charge is 2.25. The molecular formula is C16H26N2. The van der Waals surface area contributed by atoms with Crippen molar-refractivity contribution in [1.29, 1.82) is 0 Å². The van der Waals surface area contributed by atoms with Crippen molar-refractivity contribution < 1.29 is 0 Å². The molecule has 1 aromatic carbocycles. The molecule has 18 heavy (non-hydrogen) atoms. The van der Waals surface area contributed by atoms with Crippen molar-refractivity contribution in [3.63, 3.8) is 0 Å². The fourth-order valence-electron chi connectivity index (χ4n) is 3.17. The van der Waals surface area contributed by atoms with Crippen LogP contribution >= 0.6 is 0 Å². The van der Waals surface area contributed by atoms with Crippen LogP contribution in [-0.4, -0.2) is 12.6 Å². The van der Waals surface area contributed by atoms with E-state index in [1.807, 2.05) is 12.1 Å². The first-order chi connectivity index (χ1) is 8.72. The Hall–Kier alpha value is -1.18. The van der Waals surface area contributed by atoms with Crippen LogP contribution in [0.5, 0.6) is 0 Å². The second-order valence-electron chi connectivity index (χ2n) is 5.68. The first-order valence-electron chi connectivity index (χ1n) is 7.33. The summed E-state index contributed by atoms with van der Waals surface area (Å²) >= 11 is 0. The number of nitrogen functional groups attached to an aromatic ring is 1. The highest BCUT2D eigenvalue weighted by atomic mass is 15.2. The van der Waals surface area contributed by atoms with Gasteiger partial charge in [0, 0.05) is 12.6 Å². The molecule has 2 rings (SSSR count). The number of nitrogens with two attached hydrogens (primary N) is 1. The van der Waals surface area contributed by atoms with Crippen LogP contribution in [-0.2, 0) is 0 Å². The third-order valence-corrected chi connectivity index (χ3v) is 4.06. The molecule has 0 spiro atoms. The van der Waals surface area contributed by atoms with Gasteiger partial charge in [0.05, 0.1) is 11.4 Å². The van der Waals surface area contributed by atoms with Crippen molar-refractivity contribution in [2.75, 3.05) is 17.2 Å². The SMILES string of the molecule is CCCN(c1ccccc1N)C1CCCC(C)C1. The van der Waals surface area contributed by atoms with Gasteiger partial charge in [-0.05, 0) is 37.3 Å². The number of hydrogen-bond donors (Lipinski definition) is 1. The van der Waals surface area contributed by atoms with Crippen LogP contribution in [0.3, 0.4) is 0 Å². The Morgan fingerprint density at radius 3 is 2.72 bits per heavy atom. The fourth-order valence-corrected chi connectivity index (χ4v) is 3.17. The van der Waals surface area contributed by atoms with Crippen LogP contribution in [0.25, 0.3) is 0 Å². The maximum absolute atomic E-state index is 6.15. The van der Waals surface area contributed by atoms with Crippen molar-refractivity contribution >= 4 is 11.4 Å². The second kappa shape index (κ2) is 6.12. The van der Waals surface area contributed by atoms with Crippen LogP contribution in [0, 0.1) is 5.92 Å². The molecule has 1 aromatic rings. The van der Waals surface area contributed by atoms with E-state index in [-0.39, 0.29) is 0 Å². The second-order valence-corrected chi connectivity index (χ2v) is 5.68. The molecule has 2 N–H and O–H groups in total. The third-order valence-electron chi connectivity index (χ3n) is 4.06. The molecule has 100 valence electrons. The summed E-state index contributed by atoms with van der Waals surface area (Å²) in [4.78, 5) is 2.55. The molecule has 2 nitrogen and oxygen atoms in total. The molecule has 1 fully saturated rings. The zero-order valence-electron chi connectivity index (χ0n) is 11.7. The van der Waals surface area contributed by atoms with Crippen LogP contribution in [0.4, 0.5) is 11.4 Å². The van der Waals surface area contributed by atoms with Gasteiger partial charge in [0.15, 0.2) is 0 Å². The first-order valence-corrected chi connectivity index (χ1v) is 7.33. The van der Waals surface area contributed by atoms with Gasteiger partial charge in [0.2, 0.25) is 0 Å². The maximum Gasteiger partial charge on any atom is 0.0602 e. The lowest BCUT2D eigenvalue weighted by atomic mass is 9.86. The van der Waals surface area contributed by atoms with Gasteiger partial charge in [-0.2, -0.15) is 0 Å². The van der Waals surface area contributed by atoms with Crippen molar-refractivity contribution in [2.24, 2.45) is 5.92 Å². The van der Waals surface area contributed by atoms with Crippen LogP contribution in [0.1, 0.15) is 46.0 Å². The number of hydrogen-bond acceptors (Lipinski definition) is 2. The molecule has 0 saturated heterocycles. The Bertz CT molecular complexity index is 375. The summed E-state index contributed by atoms with van der Waals surface area (Å²) in [5, 5.41) is 0. The van der Waals surface area contributed by atoms with Gasteiger partial charge in [0.1, 0.15) is 0 Å². The molecule has 0 heterocycles. The van der Waals surface area contributed by atoms with Gasteiger partial charge in [-0.1, -0.05) is 38.8 Å². The number of benzene rings is 1. The maximum atomic E-state index is 6.15. The quantitative estimate of drug-likeness (QED) is 0.812. The molecule has 2 heteroatoms. The van der Waals surface area contributed by atoms with E-state index in [2.05, 4.69) is 30.9 Å². The summed E-state index contributed by atoms with van der Waals surface area (Å²) in [6.07, 6.45) is 6.56. The Balaban J connectivity index is 2.19. The highest BCUT2D eigenvalue weighted by Crippen LogP contribution is 2.33. The van der Waals surface area contributed by atoms with E-state index in [0.717, 1.165) is 18.2 Å². The lowest BCUT2D eigenvalue weighted by molar-refractivity contribution is 0.329. The normalized spacial score (nSPS) is 23.9. The van der Waals surface area contributed by atoms with Crippen molar-refractivity contribution in [2.45, 2.75) is 52.0 Å². The highest BCUT2D eigenvalue weighted by molar-refractivity contribution is 5.67. The molecule has 0 bridgehead atoms. The van der Waals surface area contributed by atoms with E-state index >= 15 is 0 Å². The van der Waals surface area contributed by atoms with Crippen molar-refractivity contribution in [3.8, 4) is 0 Å². The Morgan fingerprint density at radius 2 is 2.06 bits per heavy atom. The van der Waals surface area contributed by atoms with Crippen LogP contribution in [0.2, 0.25) is 0 Å². The minimum absolute atomic E-state index is 0.679. The molecule has 0 aromatic heterocycles. The molecule has 0 amide bonds. The summed E-state index contributed by atoms with van der Waals surface area (Å²) in [5.41, 5.74) is 8.31. The molecule has 1 saturated carbocycles. The summed E-state index contributed by atoms with van der Waals surface area (Å²) in [7, 11) is 0. The summed E-state index contributed by atoms with van der Waals surface area (Å²) in [6, 6.07) is 8.99. The fraction of sp³-hybridized carbons (Fsp3) is 0.625. The van der Waals surface area contributed by atoms with E-state index in [1.54, 1.807) is 0 Å². The van der Waals surface area contributed by atoms with Crippen molar-refractivity contribution in [3.05, 3.63) is 24.3 Å². The van der Waals surface area contributed by atoms with Crippen LogP contribution < -0.4 is 10.6 Å². The lowest BCUT2D eigenvalue weighted by Gasteiger charge is -2.38. The molecule has 2 atom stereocenters. The molecule has 2 unspecified atom stereocenters. The van der Waals surface area contributed by atoms with Crippen molar-refractivity contribution in [1.82, 2.24) is 0 Å². The Morgan fingerprint density at radius 1 is 1.28 bits per heavy atom. The van der Waals surface area contributed by atoms with Gasteiger partial charge in [-0.3, -0.25) is 0 Å². The lowest BCUT2D eigenvalue weighted by Crippen LogP contribution is -2.39. The minimum Gasteiger partial charge on any atom is -0.397 e. The molecule has 0 radical (unpaired) electrons. The van der Waals surface area contributed by atoms with E-state index < -0.39 is 0 Å². The van der Waals surface area contributed by atoms with Gasteiger partial charge >= 0.3 is 0 Å². The van der Waals surface area contributed by atoms with Crippen LogP contribution in [0.15, 0.2) is 24.3 Å². The number of nitrogens with zero attached hydrogens (tertiary/aromatic N) is 1. The van der Waals surface area contributed by atoms with E-state index in [0.29, 0.717) is 6.04 Å². The largest absolute Gasteiger partial charge is 0.397 e. The van der Waals surface area contributed by atoms with E-state index in [9.17, 15) is 0 Å². The third kappa shape index (κ3) is 2.98. The number of anilines is 2. The predicted octanol–water partition coefficient (Wildman–Crippen LogP) is 4.06. The van der Waals surface area contributed by atoms with E-state index in [4.69, 9.17) is 5.73 Å². The summed E-state index contributed by atoms with van der Waals surface area (Å²) in [5.74, 6) is 0.855.